The molecule has 0 fully saturated rings. The Morgan fingerprint density at radius 3 is 2.84 bits per heavy atom. The molecule has 98 valence electrons. The fourth-order valence-corrected chi connectivity index (χ4v) is 2.66. The molecule has 0 spiro atoms. The van der Waals surface area contributed by atoms with E-state index in [4.69, 9.17) is 5.26 Å². The number of hydrogen-bond acceptors (Lipinski definition) is 4. The van der Waals surface area contributed by atoms with Crippen LogP contribution in [0.4, 0.5) is 4.39 Å². The molecule has 0 aliphatic rings. The van der Waals surface area contributed by atoms with Crippen LogP contribution in [0.1, 0.15) is 25.5 Å². The third kappa shape index (κ3) is 2.85. The SMILES string of the molecule is CC(C)n1c(Sc2cc(F)cc(C#N)c2)n[nH]c1=O. The lowest BCUT2D eigenvalue weighted by molar-refractivity contribution is 0.534. The van der Waals surface area contributed by atoms with Crippen molar-refractivity contribution in [3.05, 3.63) is 40.1 Å². The molecule has 0 aliphatic carbocycles. The molecule has 2 rings (SSSR count). The molecule has 0 radical (unpaired) electrons. The van der Waals surface area contributed by atoms with Crippen molar-refractivity contribution in [2.75, 3.05) is 0 Å². The van der Waals surface area contributed by atoms with E-state index >= 15 is 0 Å². The summed E-state index contributed by atoms with van der Waals surface area (Å²) in [6.07, 6.45) is 0. The van der Waals surface area contributed by atoms with Gasteiger partial charge in [0.1, 0.15) is 5.82 Å². The first-order valence-electron chi connectivity index (χ1n) is 5.56. The molecule has 19 heavy (non-hydrogen) atoms. The standard InChI is InChI=1S/C12H11FN4OS/c1-7(2)17-11(18)15-16-12(17)19-10-4-8(6-14)3-9(13)5-10/h3-5,7H,1-2H3,(H,15,18). The van der Waals surface area contributed by atoms with Crippen molar-refractivity contribution in [2.45, 2.75) is 29.9 Å². The van der Waals surface area contributed by atoms with Gasteiger partial charge in [0.2, 0.25) is 0 Å². The van der Waals surface area contributed by atoms with E-state index in [1.165, 1.54) is 10.6 Å². The predicted octanol–water partition coefficient (Wildman–Crippen LogP) is 2.31. The van der Waals surface area contributed by atoms with Crippen molar-refractivity contribution in [1.82, 2.24) is 14.8 Å². The number of nitrogens with one attached hydrogen (secondary N) is 1. The molecule has 2 aromatic rings. The van der Waals surface area contributed by atoms with Crippen LogP contribution in [-0.2, 0) is 0 Å². The average molecular weight is 278 g/mol. The monoisotopic (exact) mass is 278 g/mol. The Bertz CT molecular complexity index is 698. The summed E-state index contributed by atoms with van der Waals surface area (Å²) in [5.74, 6) is -0.490. The predicted molar refractivity (Wildman–Crippen MR) is 68.5 cm³/mol. The van der Waals surface area contributed by atoms with E-state index in [1.807, 2.05) is 19.9 Å². The number of nitrogens with zero attached hydrogens (tertiary/aromatic N) is 3. The number of benzene rings is 1. The van der Waals surface area contributed by atoms with E-state index in [-0.39, 0.29) is 17.3 Å². The highest BCUT2D eigenvalue weighted by Crippen LogP contribution is 2.27. The van der Waals surface area contributed by atoms with Gasteiger partial charge in [0.05, 0.1) is 11.6 Å². The van der Waals surface area contributed by atoms with Gasteiger partial charge in [-0.25, -0.2) is 14.3 Å². The second-order valence-corrected chi connectivity index (χ2v) is 5.21. The van der Waals surface area contributed by atoms with Crippen molar-refractivity contribution in [2.24, 2.45) is 0 Å². The van der Waals surface area contributed by atoms with Gasteiger partial charge < -0.3 is 0 Å². The number of hydrogen-bond donors (Lipinski definition) is 1. The summed E-state index contributed by atoms with van der Waals surface area (Å²) in [7, 11) is 0. The number of halogens is 1. The van der Waals surface area contributed by atoms with Crippen LogP contribution in [-0.4, -0.2) is 14.8 Å². The third-order valence-electron chi connectivity index (χ3n) is 2.40. The highest BCUT2D eigenvalue weighted by atomic mass is 32.2. The Morgan fingerprint density at radius 2 is 2.21 bits per heavy atom. The minimum atomic E-state index is -0.490. The number of aromatic amines is 1. The molecule has 1 N–H and O–H groups in total. The molecule has 0 unspecified atom stereocenters. The average Bonchev–Trinajstić information content (AvgIpc) is 2.69. The maximum absolute atomic E-state index is 13.3. The van der Waals surface area contributed by atoms with Crippen LogP contribution in [0.3, 0.4) is 0 Å². The largest absolute Gasteiger partial charge is 0.344 e. The highest BCUT2D eigenvalue weighted by molar-refractivity contribution is 7.99. The van der Waals surface area contributed by atoms with Gasteiger partial charge in [-0.3, -0.25) is 4.57 Å². The zero-order valence-electron chi connectivity index (χ0n) is 10.3. The maximum Gasteiger partial charge on any atom is 0.344 e. The molecular weight excluding hydrogens is 267 g/mol. The summed E-state index contributed by atoms with van der Waals surface area (Å²) < 4.78 is 14.8. The summed E-state index contributed by atoms with van der Waals surface area (Å²) in [4.78, 5) is 12.1. The molecule has 0 amide bonds. The Morgan fingerprint density at radius 1 is 1.47 bits per heavy atom. The van der Waals surface area contributed by atoms with Gasteiger partial charge in [0, 0.05) is 10.9 Å². The second kappa shape index (κ2) is 5.28. The second-order valence-electron chi connectivity index (χ2n) is 4.16. The Labute approximate surface area is 113 Å². The first-order valence-corrected chi connectivity index (χ1v) is 6.38. The van der Waals surface area contributed by atoms with E-state index in [9.17, 15) is 9.18 Å². The summed E-state index contributed by atoms with van der Waals surface area (Å²) in [5.41, 5.74) is -0.0779. The topological polar surface area (TPSA) is 74.5 Å². The van der Waals surface area contributed by atoms with Gasteiger partial charge in [-0.15, -0.1) is 5.10 Å². The fraction of sp³-hybridized carbons (Fsp3) is 0.250. The molecule has 5 nitrogen and oxygen atoms in total. The van der Waals surface area contributed by atoms with Crippen molar-refractivity contribution < 1.29 is 4.39 Å². The first-order chi connectivity index (χ1) is 9.01. The molecule has 0 bridgehead atoms. The zero-order chi connectivity index (χ0) is 14.0. The molecule has 0 saturated carbocycles. The number of aromatic nitrogens is 3. The van der Waals surface area contributed by atoms with Crippen molar-refractivity contribution >= 4 is 11.8 Å². The third-order valence-corrected chi connectivity index (χ3v) is 3.34. The molecule has 1 heterocycles. The van der Waals surface area contributed by atoms with Gasteiger partial charge in [-0.2, -0.15) is 5.26 Å². The van der Waals surface area contributed by atoms with Crippen molar-refractivity contribution in [3.8, 4) is 6.07 Å². The van der Waals surface area contributed by atoms with Crippen LogP contribution in [0.2, 0.25) is 0 Å². The minimum Gasteiger partial charge on any atom is -0.267 e. The lowest BCUT2D eigenvalue weighted by Gasteiger charge is -2.08. The lowest BCUT2D eigenvalue weighted by atomic mass is 10.2. The maximum atomic E-state index is 13.3. The Hall–Kier alpha value is -2.07. The number of rotatable bonds is 3. The van der Waals surface area contributed by atoms with Gasteiger partial charge in [0.25, 0.3) is 0 Å². The van der Waals surface area contributed by atoms with Gasteiger partial charge in [-0.1, -0.05) is 0 Å². The van der Waals surface area contributed by atoms with Crippen LogP contribution < -0.4 is 5.69 Å². The molecule has 0 saturated heterocycles. The number of nitriles is 1. The minimum absolute atomic E-state index is 0.0576. The van der Waals surface area contributed by atoms with Gasteiger partial charge in [0.15, 0.2) is 5.16 Å². The molecular formula is C12H11FN4OS. The zero-order valence-corrected chi connectivity index (χ0v) is 11.2. The van der Waals surface area contributed by atoms with Crippen LogP contribution >= 0.6 is 11.8 Å². The lowest BCUT2D eigenvalue weighted by Crippen LogP contribution is -2.19. The molecule has 0 aliphatic heterocycles. The number of H-pyrrole nitrogens is 1. The quantitative estimate of drug-likeness (QED) is 0.935. The Balaban J connectivity index is 2.40. The Kier molecular flexibility index (Phi) is 3.71. The van der Waals surface area contributed by atoms with Crippen LogP contribution in [0.25, 0.3) is 0 Å². The molecule has 0 atom stereocenters. The molecule has 1 aromatic carbocycles. The van der Waals surface area contributed by atoms with Crippen LogP contribution in [0, 0.1) is 17.1 Å². The first kappa shape index (κ1) is 13.4. The van der Waals surface area contributed by atoms with E-state index < -0.39 is 5.82 Å². The van der Waals surface area contributed by atoms with E-state index in [0.717, 1.165) is 17.8 Å². The van der Waals surface area contributed by atoms with E-state index in [1.54, 1.807) is 6.07 Å². The van der Waals surface area contributed by atoms with E-state index in [0.29, 0.717) is 10.1 Å². The summed E-state index contributed by atoms with van der Waals surface area (Å²) in [6, 6.07) is 5.84. The van der Waals surface area contributed by atoms with E-state index in [2.05, 4.69) is 10.2 Å². The van der Waals surface area contributed by atoms with Crippen LogP contribution in [0.5, 0.6) is 0 Å². The molecule has 7 heteroatoms. The van der Waals surface area contributed by atoms with Gasteiger partial charge in [-0.05, 0) is 43.8 Å². The fourth-order valence-electron chi connectivity index (χ4n) is 1.61. The summed E-state index contributed by atoms with van der Waals surface area (Å²) in [6.45, 7) is 3.71. The van der Waals surface area contributed by atoms with Crippen molar-refractivity contribution in [3.63, 3.8) is 0 Å². The summed E-state index contributed by atoms with van der Waals surface area (Å²) >= 11 is 1.14. The summed E-state index contributed by atoms with van der Waals surface area (Å²) in [5, 5.41) is 15.5. The molecule has 1 aromatic heterocycles. The highest BCUT2D eigenvalue weighted by Gasteiger charge is 2.13. The van der Waals surface area contributed by atoms with Crippen LogP contribution in [0.15, 0.2) is 33.0 Å². The van der Waals surface area contributed by atoms with Gasteiger partial charge >= 0.3 is 5.69 Å². The normalized spacial score (nSPS) is 10.7. The smallest absolute Gasteiger partial charge is 0.267 e. The van der Waals surface area contributed by atoms with Crippen molar-refractivity contribution in [1.29, 1.82) is 5.26 Å².